The SMILES string of the molecule is Cc1c(Br)cccc1NC(=O)c1cn(C)c(=O)n(C)c1=O. The van der Waals surface area contributed by atoms with E-state index in [-0.39, 0.29) is 5.56 Å². The Labute approximate surface area is 129 Å². The second-order valence-corrected chi connectivity index (χ2v) is 5.52. The maximum Gasteiger partial charge on any atom is 0.330 e. The predicted molar refractivity (Wildman–Crippen MR) is 83.8 cm³/mol. The van der Waals surface area contributed by atoms with E-state index in [1.807, 2.05) is 13.0 Å². The van der Waals surface area contributed by atoms with E-state index in [2.05, 4.69) is 21.2 Å². The highest BCUT2D eigenvalue weighted by molar-refractivity contribution is 9.10. The molecule has 21 heavy (non-hydrogen) atoms. The van der Waals surface area contributed by atoms with Crippen molar-refractivity contribution in [2.24, 2.45) is 14.1 Å². The van der Waals surface area contributed by atoms with Crippen LogP contribution in [0, 0.1) is 6.92 Å². The molecule has 0 spiro atoms. The van der Waals surface area contributed by atoms with Crippen molar-refractivity contribution in [3.05, 3.63) is 60.8 Å². The fraction of sp³-hybridized carbons (Fsp3) is 0.214. The van der Waals surface area contributed by atoms with Crippen molar-refractivity contribution in [3.8, 4) is 0 Å². The Balaban J connectivity index is 2.45. The van der Waals surface area contributed by atoms with Crippen LogP contribution in [0.25, 0.3) is 0 Å². The van der Waals surface area contributed by atoms with Crippen LogP contribution in [0.15, 0.2) is 38.5 Å². The van der Waals surface area contributed by atoms with E-state index in [1.165, 1.54) is 24.9 Å². The van der Waals surface area contributed by atoms with Crippen LogP contribution in [-0.4, -0.2) is 15.0 Å². The standard InChI is InChI=1S/C14H14BrN3O3/c1-8-10(15)5-4-6-11(8)16-12(19)9-7-17(2)14(21)18(3)13(9)20/h4-7H,1-3H3,(H,16,19). The number of hydrogen-bond acceptors (Lipinski definition) is 3. The van der Waals surface area contributed by atoms with Gasteiger partial charge in [0, 0.05) is 30.5 Å². The third-order valence-electron chi connectivity index (χ3n) is 3.21. The van der Waals surface area contributed by atoms with Crippen LogP contribution in [0.2, 0.25) is 0 Å². The van der Waals surface area contributed by atoms with Gasteiger partial charge < -0.3 is 9.88 Å². The molecular formula is C14H14BrN3O3. The van der Waals surface area contributed by atoms with Crippen molar-refractivity contribution in [1.29, 1.82) is 0 Å². The highest BCUT2D eigenvalue weighted by atomic mass is 79.9. The predicted octanol–water partition coefficient (Wildman–Crippen LogP) is 1.41. The van der Waals surface area contributed by atoms with Crippen LogP contribution in [0.4, 0.5) is 5.69 Å². The van der Waals surface area contributed by atoms with Gasteiger partial charge in [0.2, 0.25) is 0 Å². The van der Waals surface area contributed by atoms with Gasteiger partial charge in [-0.25, -0.2) is 4.79 Å². The molecule has 0 saturated carbocycles. The number of rotatable bonds is 2. The smallest absolute Gasteiger partial charge is 0.321 e. The first-order valence-electron chi connectivity index (χ1n) is 6.16. The molecule has 2 aromatic rings. The lowest BCUT2D eigenvalue weighted by atomic mass is 10.2. The first-order chi connectivity index (χ1) is 9.82. The van der Waals surface area contributed by atoms with Gasteiger partial charge in [-0.2, -0.15) is 0 Å². The van der Waals surface area contributed by atoms with Crippen LogP contribution in [0.1, 0.15) is 15.9 Å². The molecule has 0 aliphatic rings. The van der Waals surface area contributed by atoms with Crippen LogP contribution < -0.4 is 16.6 Å². The molecule has 0 bridgehead atoms. The molecule has 1 aromatic heterocycles. The summed E-state index contributed by atoms with van der Waals surface area (Å²) in [5.41, 5.74) is 0.273. The van der Waals surface area contributed by atoms with Gasteiger partial charge in [-0.3, -0.25) is 14.2 Å². The molecule has 0 atom stereocenters. The van der Waals surface area contributed by atoms with Crippen molar-refractivity contribution < 1.29 is 4.79 Å². The number of amides is 1. The molecule has 1 heterocycles. The maximum absolute atomic E-state index is 12.3. The topological polar surface area (TPSA) is 73.1 Å². The Morgan fingerprint density at radius 2 is 1.90 bits per heavy atom. The molecule has 0 radical (unpaired) electrons. The van der Waals surface area contributed by atoms with Crippen molar-refractivity contribution >= 4 is 27.5 Å². The molecule has 1 N–H and O–H groups in total. The summed E-state index contributed by atoms with van der Waals surface area (Å²) in [5.74, 6) is -0.549. The minimum absolute atomic E-state index is 0.0843. The second-order valence-electron chi connectivity index (χ2n) is 4.67. The van der Waals surface area contributed by atoms with Gasteiger partial charge in [-0.15, -0.1) is 0 Å². The lowest BCUT2D eigenvalue weighted by molar-refractivity contribution is 0.102. The van der Waals surface area contributed by atoms with Gasteiger partial charge in [0.25, 0.3) is 11.5 Å². The number of carbonyl (C=O) groups is 1. The largest absolute Gasteiger partial charge is 0.330 e. The lowest BCUT2D eigenvalue weighted by Gasteiger charge is -2.10. The Bertz CT molecular complexity index is 836. The number of aryl methyl sites for hydroxylation is 1. The van der Waals surface area contributed by atoms with Crippen LogP contribution in [0.3, 0.4) is 0 Å². The zero-order chi connectivity index (χ0) is 15.7. The average molecular weight is 352 g/mol. The third-order valence-corrected chi connectivity index (χ3v) is 4.07. The van der Waals surface area contributed by atoms with Gasteiger partial charge in [0.1, 0.15) is 5.56 Å². The molecule has 1 amide bonds. The van der Waals surface area contributed by atoms with E-state index in [4.69, 9.17) is 0 Å². The van der Waals surface area contributed by atoms with Gasteiger partial charge in [-0.05, 0) is 24.6 Å². The Morgan fingerprint density at radius 1 is 1.24 bits per heavy atom. The van der Waals surface area contributed by atoms with E-state index in [0.29, 0.717) is 5.69 Å². The monoisotopic (exact) mass is 351 g/mol. The number of nitrogens with one attached hydrogen (secondary N) is 1. The normalized spacial score (nSPS) is 10.5. The molecule has 2 rings (SSSR count). The summed E-state index contributed by atoms with van der Waals surface area (Å²) in [6.07, 6.45) is 1.24. The summed E-state index contributed by atoms with van der Waals surface area (Å²) in [5, 5.41) is 2.68. The van der Waals surface area contributed by atoms with Gasteiger partial charge in [0.05, 0.1) is 0 Å². The molecule has 0 fully saturated rings. The highest BCUT2D eigenvalue weighted by Gasteiger charge is 2.15. The summed E-state index contributed by atoms with van der Waals surface area (Å²) >= 11 is 3.38. The molecule has 6 nitrogen and oxygen atoms in total. The average Bonchev–Trinajstić information content (AvgIpc) is 2.45. The van der Waals surface area contributed by atoms with E-state index in [1.54, 1.807) is 12.1 Å². The summed E-state index contributed by atoms with van der Waals surface area (Å²) in [4.78, 5) is 35.9. The Kier molecular flexibility index (Phi) is 4.13. The molecule has 110 valence electrons. The summed E-state index contributed by atoms with van der Waals surface area (Å²) in [6, 6.07) is 5.38. The number of carbonyl (C=O) groups excluding carboxylic acids is 1. The van der Waals surface area contributed by atoms with E-state index in [9.17, 15) is 14.4 Å². The van der Waals surface area contributed by atoms with E-state index >= 15 is 0 Å². The zero-order valence-electron chi connectivity index (χ0n) is 11.8. The van der Waals surface area contributed by atoms with Crippen molar-refractivity contribution in [2.45, 2.75) is 6.92 Å². The first kappa shape index (κ1) is 15.2. The number of anilines is 1. The Hall–Kier alpha value is -2.15. The lowest BCUT2D eigenvalue weighted by Crippen LogP contribution is -2.40. The molecule has 1 aromatic carbocycles. The second kappa shape index (κ2) is 5.69. The molecule has 7 heteroatoms. The zero-order valence-corrected chi connectivity index (χ0v) is 13.4. The fourth-order valence-corrected chi connectivity index (χ4v) is 2.26. The maximum atomic E-state index is 12.3. The van der Waals surface area contributed by atoms with Gasteiger partial charge >= 0.3 is 5.69 Å². The fourth-order valence-electron chi connectivity index (χ4n) is 1.90. The summed E-state index contributed by atoms with van der Waals surface area (Å²) < 4.78 is 2.96. The van der Waals surface area contributed by atoms with Crippen LogP contribution >= 0.6 is 15.9 Å². The minimum Gasteiger partial charge on any atom is -0.321 e. The van der Waals surface area contributed by atoms with E-state index in [0.717, 1.165) is 14.6 Å². The quantitative estimate of drug-likeness (QED) is 0.888. The molecule has 0 aliphatic carbocycles. The van der Waals surface area contributed by atoms with Crippen molar-refractivity contribution in [3.63, 3.8) is 0 Å². The summed E-state index contributed by atoms with van der Waals surface area (Å²) in [6.45, 7) is 1.85. The van der Waals surface area contributed by atoms with Gasteiger partial charge in [0.15, 0.2) is 0 Å². The van der Waals surface area contributed by atoms with Gasteiger partial charge in [-0.1, -0.05) is 22.0 Å². The minimum atomic E-state index is -0.622. The van der Waals surface area contributed by atoms with Crippen LogP contribution in [0.5, 0.6) is 0 Å². The number of nitrogens with zero attached hydrogens (tertiary/aromatic N) is 2. The van der Waals surface area contributed by atoms with E-state index < -0.39 is 17.2 Å². The Morgan fingerprint density at radius 3 is 2.57 bits per heavy atom. The van der Waals surface area contributed by atoms with Crippen LogP contribution in [-0.2, 0) is 14.1 Å². The van der Waals surface area contributed by atoms with Crippen molar-refractivity contribution in [1.82, 2.24) is 9.13 Å². The molecule has 0 unspecified atom stereocenters. The first-order valence-corrected chi connectivity index (χ1v) is 6.95. The molecule has 0 aliphatic heterocycles. The highest BCUT2D eigenvalue weighted by Crippen LogP contribution is 2.23. The number of aromatic nitrogens is 2. The number of hydrogen-bond donors (Lipinski definition) is 1. The molecule has 0 saturated heterocycles. The number of halogens is 1. The number of benzene rings is 1. The third kappa shape index (κ3) is 2.82. The summed E-state index contributed by atoms with van der Waals surface area (Å²) in [7, 11) is 2.83. The van der Waals surface area contributed by atoms with Crippen molar-refractivity contribution in [2.75, 3.05) is 5.32 Å². The molecular weight excluding hydrogens is 338 g/mol.